The molecule has 15 heteroatoms. The van der Waals surface area contributed by atoms with Gasteiger partial charge in [0.15, 0.2) is 0 Å². The van der Waals surface area contributed by atoms with Crippen LogP contribution in [0.2, 0.25) is 0 Å². The number of halogens is 6. The molecular formula is C11H17F6N3O4S2. The molecule has 0 atom stereocenters. The molecule has 1 aromatic heterocycles. The van der Waals surface area contributed by atoms with E-state index < -0.39 is 35.2 Å². The highest BCUT2D eigenvalue weighted by molar-refractivity contribution is 8.05. The van der Waals surface area contributed by atoms with Gasteiger partial charge in [-0.05, 0) is 6.42 Å². The Kier molecular flexibility index (Phi) is 9.05. The summed E-state index contributed by atoms with van der Waals surface area (Å²) in [5.74, 6) is 1.13. The van der Waals surface area contributed by atoms with Crippen molar-refractivity contribution in [2.24, 2.45) is 0 Å². The summed E-state index contributed by atoms with van der Waals surface area (Å²) in [6.07, 6.45) is 10.1. The molecule has 0 aliphatic heterocycles. The van der Waals surface area contributed by atoms with E-state index >= 15 is 0 Å². The van der Waals surface area contributed by atoms with Crippen LogP contribution in [-0.2, 0) is 26.5 Å². The summed E-state index contributed by atoms with van der Waals surface area (Å²) in [6.45, 7) is 2.23. The molecule has 0 bridgehead atoms. The van der Waals surface area contributed by atoms with Crippen molar-refractivity contribution >= 4 is 20.0 Å². The molecule has 1 rings (SSSR count). The second kappa shape index (κ2) is 9.55. The van der Waals surface area contributed by atoms with Crippen molar-refractivity contribution in [2.75, 3.05) is 0 Å². The first-order chi connectivity index (χ1) is 11.6. The van der Waals surface area contributed by atoms with E-state index in [-0.39, 0.29) is 0 Å². The van der Waals surface area contributed by atoms with E-state index in [1.165, 1.54) is 25.7 Å². The van der Waals surface area contributed by atoms with Gasteiger partial charge in [0, 0.05) is 18.8 Å². The van der Waals surface area contributed by atoms with Crippen molar-refractivity contribution in [1.29, 1.82) is 0 Å². The molecule has 0 aliphatic rings. The molecule has 0 radical (unpaired) electrons. The van der Waals surface area contributed by atoms with Crippen LogP contribution in [0.4, 0.5) is 26.3 Å². The number of imidazole rings is 1. The highest BCUT2D eigenvalue weighted by atomic mass is 32.3. The Bertz CT molecular complexity index is 685. The highest BCUT2D eigenvalue weighted by Crippen LogP contribution is 2.27. The number of rotatable bonds is 7. The average Bonchev–Trinajstić information content (AvgIpc) is 2.94. The molecular weight excluding hydrogens is 416 g/mol. The van der Waals surface area contributed by atoms with Crippen molar-refractivity contribution in [2.45, 2.75) is 50.0 Å². The summed E-state index contributed by atoms with van der Waals surface area (Å²) >= 11 is 0. The van der Waals surface area contributed by atoms with Crippen LogP contribution in [0.25, 0.3) is 0 Å². The molecule has 1 aromatic rings. The number of alkyl halides is 6. The molecule has 26 heavy (non-hydrogen) atoms. The maximum absolute atomic E-state index is 11.5. The third kappa shape index (κ3) is 8.35. The van der Waals surface area contributed by atoms with Gasteiger partial charge in [-0.15, -0.1) is 0 Å². The van der Waals surface area contributed by atoms with E-state index in [4.69, 9.17) is 0 Å². The lowest BCUT2D eigenvalue weighted by atomic mass is 10.1. The second-order valence-electron chi connectivity index (χ2n) is 4.83. The van der Waals surface area contributed by atoms with Crippen molar-refractivity contribution in [3.05, 3.63) is 18.2 Å². The molecule has 0 aromatic carbocycles. The van der Waals surface area contributed by atoms with Crippen LogP contribution in [0, 0.1) is 0 Å². The molecule has 2 N–H and O–H groups in total. The molecule has 0 fully saturated rings. The van der Waals surface area contributed by atoms with Gasteiger partial charge in [-0.2, -0.15) is 26.3 Å². The summed E-state index contributed by atoms with van der Waals surface area (Å²) in [5, 5.41) is 0. The Hall–Kier alpha value is -1.35. The van der Waals surface area contributed by atoms with Crippen LogP contribution >= 0.6 is 0 Å². The van der Waals surface area contributed by atoms with Crippen LogP contribution < -0.4 is 4.13 Å². The summed E-state index contributed by atoms with van der Waals surface area (Å²) in [6, 6.07) is 0. The quantitative estimate of drug-likeness (QED) is 0.508. The van der Waals surface area contributed by atoms with Gasteiger partial charge in [0.05, 0.1) is 0 Å². The molecule has 0 unspecified atom stereocenters. The normalized spacial score (nSPS) is 13.2. The van der Waals surface area contributed by atoms with E-state index in [1.807, 2.05) is 12.4 Å². The summed E-state index contributed by atoms with van der Waals surface area (Å²) in [5.41, 5.74) is -12.3. The molecule has 0 amide bonds. The number of aromatic nitrogens is 2. The Morgan fingerprint density at radius 3 is 1.81 bits per heavy atom. The Morgan fingerprint density at radius 1 is 0.962 bits per heavy atom. The first-order valence-electron chi connectivity index (χ1n) is 7.03. The third-order valence-electron chi connectivity index (χ3n) is 2.65. The largest absolute Gasteiger partial charge is 0.512 e. The third-order valence-corrected chi connectivity index (χ3v) is 5.62. The maximum Gasteiger partial charge on any atom is 0.512 e. The maximum atomic E-state index is 11.5. The van der Waals surface area contributed by atoms with E-state index in [0.717, 1.165) is 12.2 Å². The lowest BCUT2D eigenvalue weighted by Crippen LogP contribution is -2.45. The van der Waals surface area contributed by atoms with Gasteiger partial charge >= 0.3 is 31.1 Å². The smallest absolute Gasteiger partial charge is 0.349 e. The van der Waals surface area contributed by atoms with Crippen molar-refractivity contribution in [3.8, 4) is 0 Å². The Balaban J connectivity index is 0.000000502. The van der Waals surface area contributed by atoms with E-state index in [1.54, 1.807) is 0 Å². The lowest BCUT2D eigenvalue weighted by molar-refractivity contribution is -0.0476. The van der Waals surface area contributed by atoms with Gasteiger partial charge in [0.2, 0.25) is 0 Å². The van der Waals surface area contributed by atoms with E-state index in [9.17, 15) is 43.2 Å². The number of nitrogens with one attached hydrogen (secondary N) is 2. The average molecular weight is 433 g/mol. The predicted molar refractivity (Wildman–Crippen MR) is 79.5 cm³/mol. The molecule has 0 spiro atoms. The van der Waals surface area contributed by atoms with Crippen LogP contribution in [0.3, 0.4) is 0 Å². The number of H-pyrrole nitrogens is 1. The van der Waals surface area contributed by atoms with Crippen molar-refractivity contribution < 1.29 is 43.2 Å². The first-order valence-corrected chi connectivity index (χ1v) is 10.00. The number of hydrogen-bond acceptors (Lipinski definition) is 5. The van der Waals surface area contributed by atoms with Crippen molar-refractivity contribution in [1.82, 2.24) is 14.1 Å². The molecule has 0 saturated heterocycles. The minimum atomic E-state index is -6.60. The number of unbranched alkanes of at least 4 members (excludes halogenated alkanes) is 3. The number of sulfonamides is 2. The zero-order valence-electron chi connectivity index (χ0n) is 13.4. The highest BCUT2D eigenvalue weighted by Gasteiger charge is 2.55. The SMILES string of the molecule is CCCCCCc1ncc[nH]1.O=S(=O)(NS(=O)(=O)C(F)(F)F)C(F)(F)F. The summed E-state index contributed by atoms with van der Waals surface area (Å²) in [7, 11) is -13.2. The van der Waals surface area contributed by atoms with E-state index in [0.29, 0.717) is 0 Å². The molecule has 0 saturated carbocycles. The van der Waals surface area contributed by atoms with Gasteiger partial charge in [0.1, 0.15) is 5.82 Å². The zero-order chi connectivity index (χ0) is 20.6. The Morgan fingerprint density at radius 2 is 1.46 bits per heavy atom. The fourth-order valence-electron chi connectivity index (χ4n) is 1.39. The Labute approximate surface area is 146 Å². The molecule has 7 nitrogen and oxygen atoms in total. The summed E-state index contributed by atoms with van der Waals surface area (Å²) < 4.78 is 108. The fourth-order valence-corrected chi connectivity index (χ4v) is 3.30. The topological polar surface area (TPSA) is 109 Å². The summed E-state index contributed by atoms with van der Waals surface area (Å²) in [4.78, 5) is 7.26. The van der Waals surface area contributed by atoms with Crippen LogP contribution in [0.5, 0.6) is 0 Å². The monoisotopic (exact) mass is 433 g/mol. The lowest BCUT2D eigenvalue weighted by Gasteiger charge is -2.11. The standard InChI is InChI=1S/C9H16N2.C2HF6NO4S2/c1-2-3-4-5-6-9-10-7-8-11-9;3-1(4,5)14(10,11)9-15(12,13)2(6,7)8/h7-8H,2-6H2,1H3,(H,10,11);9H. The number of hydrogen-bond donors (Lipinski definition) is 2. The van der Waals surface area contributed by atoms with Gasteiger partial charge in [-0.25, -0.2) is 21.8 Å². The molecule has 154 valence electrons. The van der Waals surface area contributed by atoms with Gasteiger partial charge in [0.25, 0.3) is 0 Å². The zero-order valence-corrected chi connectivity index (χ0v) is 15.0. The predicted octanol–water partition coefficient (Wildman–Crippen LogP) is 2.81. The van der Waals surface area contributed by atoms with Gasteiger partial charge in [-0.1, -0.05) is 30.3 Å². The van der Waals surface area contributed by atoms with E-state index in [2.05, 4.69) is 16.9 Å². The van der Waals surface area contributed by atoms with Crippen molar-refractivity contribution in [3.63, 3.8) is 0 Å². The van der Waals surface area contributed by atoms with Gasteiger partial charge < -0.3 is 4.98 Å². The molecule has 0 aliphatic carbocycles. The van der Waals surface area contributed by atoms with Crippen LogP contribution in [0.1, 0.15) is 38.4 Å². The minimum absolute atomic E-state index is 0.493. The number of aromatic amines is 1. The fraction of sp³-hybridized carbons (Fsp3) is 0.727. The van der Waals surface area contributed by atoms with Crippen LogP contribution in [0.15, 0.2) is 12.4 Å². The first kappa shape index (κ1) is 24.7. The minimum Gasteiger partial charge on any atom is -0.349 e. The van der Waals surface area contributed by atoms with Gasteiger partial charge in [-0.3, -0.25) is 0 Å². The van der Waals surface area contributed by atoms with Crippen LogP contribution in [-0.4, -0.2) is 37.8 Å². The number of aryl methyl sites for hydroxylation is 1. The second-order valence-corrected chi connectivity index (χ2v) is 8.43. The number of nitrogens with zero attached hydrogens (tertiary/aromatic N) is 1. The molecule has 1 heterocycles.